The molecule has 1 atom stereocenters. The summed E-state index contributed by atoms with van der Waals surface area (Å²) in [6.07, 6.45) is -4.79. The largest absolute Gasteiger partial charge is 0.573 e. The maximum atomic E-state index is 12.2. The van der Waals surface area contributed by atoms with Crippen LogP contribution < -0.4 is 15.8 Å². The van der Waals surface area contributed by atoms with Gasteiger partial charge < -0.3 is 20.8 Å². The molecule has 0 aliphatic heterocycles. The van der Waals surface area contributed by atoms with Gasteiger partial charge in [0, 0.05) is 17.0 Å². The van der Waals surface area contributed by atoms with Crippen LogP contribution in [0.3, 0.4) is 0 Å². The maximum absolute atomic E-state index is 12.2. The van der Waals surface area contributed by atoms with Crippen molar-refractivity contribution in [2.45, 2.75) is 19.3 Å². The van der Waals surface area contributed by atoms with Crippen molar-refractivity contribution in [3.05, 3.63) is 30.0 Å². The average Bonchev–Trinajstić information content (AvgIpc) is 2.79. The first-order valence-electron chi connectivity index (χ1n) is 6.14. The van der Waals surface area contributed by atoms with Crippen LogP contribution in [-0.4, -0.2) is 29.2 Å². The number of halogens is 3. The minimum Gasteiger partial charge on any atom is -0.406 e. The van der Waals surface area contributed by atoms with Crippen molar-refractivity contribution in [3.8, 4) is 5.75 Å². The number of amides is 2. The Labute approximate surface area is 122 Å². The lowest BCUT2D eigenvalue weighted by Crippen LogP contribution is -2.42. The third-order valence-electron chi connectivity index (χ3n) is 2.85. The molecule has 22 heavy (non-hydrogen) atoms. The second-order valence-corrected chi connectivity index (χ2v) is 4.58. The van der Waals surface area contributed by atoms with Crippen molar-refractivity contribution in [2.24, 2.45) is 5.73 Å². The predicted molar refractivity (Wildman–Crippen MR) is 71.1 cm³/mol. The third-order valence-corrected chi connectivity index (χ3v) is 2.85. The molecule has 118 valence electrons. The molecular formula is C13H12F3N3O3. The fourth-order valence-corrected chi connectivity index (χ4v) is 1.77. The number of nitrogens with one attached hydrogen (secondary N) is 2. The number of nitrogens with two attached hydrogens (primary N) is 1. The number of benzene rings is 1. The topological polar surface area (TPSA) is 97.2 Å². The lowest BCUT2D eigenvalue weighted by Gasteiger charge is -2.08. The molecule has 0 radical (unpaired) electrons. The number of hydrogen-bond acceptors (Lipinski definition) is 3. The van der Waals surface area contributed by atoms with Crippen molar-refractivity contribution in [1.82, 2.24) is 10.3 Å². The Hall–Kier alpha value is -2.71. The zero-order valence-corrected chi connectivity index (χ0v) is 11.3. The predicted octanol–water partition coefficient (Wildman–Crippen LogP) is 1.67. The molecule has 4 N–H and O–H groups in total. The Morgan fingerprint density at radius 3 is 2.59 bits per heavy atom. The number of fused-ring (bicyclic) bond motifs is 1. The highest BCUT2D eigenvalue weighted by molar-refractivity contribution is 6.00. The summed E-state index contributed by atoms with van der Waals surface area (Å²) in [7, 11) is 0. The van der Waals surface area contributed by atoms with Crippen LogP contribution in [0.1, 0.15) is 17.4 Å². The van der Waals surface area contributed by atoms with Crippen LogP contribution in [0, 0.1) is 0 Å². The van der Waals surface area contributed by atoms with Crippen LogP contribution in [-0.2, 0) is 4.79 Å². The third kappa shape index (κ3) is 3.68. The summed E-state index contributed by atoms with van der Waals surface area (Å²) in [6.45, 7) is 1.41. The van der Waals surface area contributed by atoms with Crippen molar-refractivity contribution >= 4 is 22.7 Å². The van der Waals surface area contributed by atoms with Crippen LogP contribution in [0.4, 0.5) is 13.2 Å². The van der Waals surface area contributed by atoms with Gasteiger partial charge in [0.05, 0.1) is 0 Å². The summed E-state index contributed by atoms with van der Waals surface area (Å²) in [6, 6.07) is 4.20. The standard InChI is InChI=1S/C13H12F3N3O3/c1-6(11(17)20)18-12(21)10-4-7-2-3-8(5-9(7)19-10)22-13(14,15)16/h2-6,19H,1H3,(H2,17,20)(H,18,21)/t6-/m1/s1. The van der Waals surface area contributed by atoms with E-state index in [2.05, 4.69) is 15.0 Å². The molecule has 2 amide bonds. The molecule has 9 heteroatoms. The Morgan fingerprint density at radius 2 is 2.00 bits per heavy atom. The van der Waals surface area contributed by atoms with E-state index < -0.39 is 30.0 Å². The number of ether oxygens (including phenoxy) is 1. The molecular weight excluding hydrogens is 303 g/mol. The van der Waals surface area contributed by atoms with Crippen molar-refractivity contribution in [3.63, 3.8) is 0 Å². The fourth-order valence-electron chi connectivity index (χ4n) is 1.77. The summed E-state index contributed by atoms with van der Waals surface area (Å²) in [4.78, 5) is 25.4. The summed E-state index contributed by atoms with van der Waals surface area (Å²) >= 11 is 0. The summed E-state index contributed by atoms with van der Waals surface area (Å²) in [5.41, 5.74) is 5.41. The maximum Gasteiger partial charge on any atom is 0.573 e. The molecule has 0 aliphatic rings. The number of carbonyl (C=O) groups excluding carboxylic acids is 2. The van der Waals surface area contributed by atoms with E-state index in [4.69, 9.17) is 5.73 Å². The van der Waals surface area contributed by atoms with E-state index >= 15 is 0 Å². The van der Waals surface area contributed by atoms with E-state index in [9.17, 15) is 22.8 Å². The van der Waals surface area contributed by atoms with Gasteiger partial charge in [-0.15, -0.1) is 13.2 Å². The minimum absolute atomic E-state index is 0.0901. The SMILES string of the molecule is C[C@@H](NC(=O)c1cc2ccc(OC(F)(F)F)cc2[nH]1)C(N)=O. The molecule has 0 fully saturated rings. The number of alkyl halides is 3. The van der Waals surface area contributed by atoms with Gasteiger partial charge in [-0.3, -0.25) is 9.59 Å². The Bertz CT molecular complexity index is 724. The molecule has 0 aliphatic carbocycles. The second kappa shape index (κ2) is 5.58. The Balaban J connectivity index is 2.23. The van der Waals surface area contributed by atoms with Crippen molar-refractivity contribution < 1.29 is 27.5 Å². The van der Waals surface area contributed by atoms with E-state index in [0.717, 1.165) is 12.1 Å². The van der Waals surface area contributed by atoms with E-state index in [1.54, 1.807) is 0 Å². The number of aromatic amines is 1. The van der Waals surface area contributed by atoms with Crippen molar-refractivity contribution in [1.29, 1.82) is 0 Å². The lowest BCUT2D eigenvalue weighted by molar-refractivity contribution is -0.274. The molecule has 0 saturated carbocycles. The molecule has 2 aromatic rings. The highest BCUT2D eigenvalue weighted by Crippen LogP contribution is 2.26. The average molecular weight is 315 g/mol. The van der Waals surface area contributed by atoms with Gasteiger partial charge in [0.25, 0.3) is 5.91 Å². The quantitative estimate of drug-likeness (QED) is 0.800. The van der Waals surface area contributed by atoms with Crippen molar-refractivity contribution in [2.75, 3.05) is 0 Å². The van der Waals surface area contributed by atoms with Gasteiger partial charge in [-0.05, 0) is 25.1 Å². The monoisotopic (exact) mass is 315 g/mol. The number of carbonyl (C=O) groups is 2. The van der Waals surface area contributed by atoms with Gasteiger partial charge in [0.15, 0.2) is 0 Å². The second-order valence-electron chi connectivity index (χ2n) is 4.58. The normalized spacial score (nSPS) is 12.9. The van der Waals surface area contributed by atoms with E-state index in [1.807, 2.05) is 0 Å². The van der Waals surface area contributed by atoms with Gasteiger partial charge in [0.2, 0.25) is 5.91 Å². The molecule has 0 bridgehead atoms. The number of H-pyrrole nitrogens is 1. The Kier molecular flexibility index (Phi) is 3.98. The van der Waals surface area contributed by atoms with Gasteiger partial charge in [-0.2, -0.15) is 0 Å². The molecule has 1 aromatic carbocycles. The number of aromatic nitrogens is 1. The van der Waals surface area contributed by atoms with Crippen LogP contribution in [0.25, 0.3) is 10.9 Å². The molecule has 0 saturated heterocycles. The van der Waals surface area contributed by atoms with E-state index in [0.29, 0.717) is 10.9 Å². The highest BCUT2D eigenvalue weighted by Gasteiger charge is 2.31. The van der Waals surface area contributed by atoms with Gasteiger partial charge in [0.1, 0.15) is 17.5 Å². The number of rotatable bonds is 4. The fraction of sp³-hybridized carbons (Fsp3) is 0.231. The summed E-state index contributed by atoms with van der Waals surface area (Å²) < 4.78 is 40.3. The van der Waals surface area contributed by atoms with Gasteiger partial charge in [-0.1, -0.05) is 0 Å². The molecule has 0 unspecified atom stereocenters. The van der Waals surface area contributed by atoms with Crippen LogP contribution >= 0.6 is 0 Å². The van der Waals surface area contributed by atoms with Crippen LogP contribution in [0.2, 0.25) is 0 Å². The smallest absolute Gasteiger partial charge is 0.406 e. The summed E-state index contributed by atoms with van der Waals surface area (Å²) in [5, 5.41) is 2.87. The lowest BCUT2D eigenvalue weighted by atomic mass is 10.2. The minimum atomic E-state index is -4.79. The van der Waals surface area contributed by atoms with E-state index in [-0.39, 0.29) is 5.69 Å². The molecule has 0 spiro atoms. The zero-order chi connectivity index (χ0) is 16.5. The van der Waals surface area contributed by atoms with E-state index in [1.165, 1.54) is 19.1 Å². The number of hydrogen-bond donors (Lipinski definition) is 3. The first-order chi connectivity index (χ1) is 10.2. The zero-order valence-electron chi connectivity index (χ0n) is 11.3. The highest BCUT2D eigenvalue weighted by atomic mass is 19.4. The molecule has 1 heterocycles. The number of primary amides is 1. The molecule has 1 aromatic heterocycles. The molecule has 2 rings (SSSR count). The molecule has 6 nitrogen and oxygen atoms in total. The van der Waals surface area contributed by atoms with Crippen LogP contribution in [0.15, 0.2) is 24.3 Å². The first-order valence-corrected chi connectivity index (χ1v) is 6.14. The van der Waals surface area contributed by atoms with Gasteiger partial charge >= 0.3 is 6.36 Å². The Morgan fingerprint density at radius 1 is 1.32 bits per heavy atom. The summed E-state index contributed by atoms with van der Waals surface area (Å²) in [5.74, 6) is -1.70. The van der Waals surface area contributed by atoms with Gasteiger partial charge in [-0.25, -0.2) is 0 Å². The first kappa shape index (κ1) is 15.7. The van der Waals surface area contributed by atoms with Crippen LogP contribution in [0.5, 0.6) is 5.75 Å².